The summed E-state index contributed by atoms with van der Waals surface area (Å²) in [6, 6.07) is 5.14. The first kappa shape index (κ1) is 22.1. The van der Waals surface area contributed by atoms with Crippen LogP contribution < -0.4 is 15.2 Å². The number of hydrogen-bond donors (Lipinski definition) is 2. The maximum atomic E-state index is 12.5. The number of rotatable bonds is 8. The highest BCUT2D eigenvalue weighted by molar-refractivity contribution is 7.89. The Balaban J connectivity index is 0.00000312. The smallest absolute Gasteiger partial charge is 0.272 e. The molecule has 1 fully saturated rings. The minimum absolute atomic E-state index is 0. The third-order valence-electron chi connectivity index (χ3n) is 4.29. The number of ether oxygens (including phenoxy) is 1. The molecule has 9 heteroatoms. The predicted octanol–water partition coefficient (Wildman–Crippen LogP) is 2.94. The quantitative estimate of drug-likeness (QED) is 0.705. The number of nitrogens with two attached hydrogens (primary N) is 1. The molecule has 2 rings (SSSR count). The lowest BCUT2D eigenvalue weighted by Crippen LogP contribution is -2.45. The molecule has 25 heavy (non-hydrogen) atoms. The molecule has 144 valence electrons. The van der Waals surface area contributed by atoms with Crippen LogP contribution in [0.1, 0.15) is 32.1 Å². The molecular weight excluding hydrogens is 374 g/mol. The Bertz CT molecular complexity index is 608. The van der Waals surface area contributed by atoms with Crippen LogP contribution in [0.15, 0.2) is 29.2 Å². The molecule has 0 spiro atoms. The van der Waals surface area contributed by atoms with E-state index in [-0.39, 0.29) is 41.6 Å². The fourth-order valence-corrected chi connectivity index (χ4v) is 4.33. The van der Waals surface area contributed by atoms with E-state index in [1.54, 1.807) is 0 Å². The molecule has 0 bridgehead atoms. The summed E-state index contributed by atoms with van der Waals surface area (Å²) in [5.74, 6) is 0.462. The summed E-state index contributed by atoms with van der Waals surface area (Å²) in [6.45, 7) is -0.471. The topological polar surface area (TPSA) is 81.4 Å². The maximum Gasteiger partial charge on any atom is 0.272 e. The first-order chi connectivity index (χ1) is 11.4. The second kappa shape index (κ2) is 10.3. The molecule has 1 aromatic carbocycles. The number of halogens is 3. The second-order valence-corrected chi connectivity index (χ2v) is 7.75. The van der Waals surface area contributed by atoms with Crippen molar-refractivity contribution in [1.82, 2.24) is 4.72 Å². The lowest BCUT2D eigenvalue weighted by Gasteiger charge is -2.29. The van der Waals surface area contributed by atoms with Gasteiger partial charge < -0.3 is 10.5 Å². The Morgan fingerprint density at radius 1 is 1.16 bits per heavy atom. The van der Waals surface area contributed by atoms with Gasteiger partial charge in [0.2, 0.25) is 10.0 Å². The molecule has 0 radical (unpaired) electrons. The van der Waals surface area contributed by atoms with Gasteiger partial charge in [-0.2, -0.15) is 0 Å². The van der Waals surface area contributed by atoms with Crippen LogP contribution in [0.25, 0.3) is 0 Å². The van der Waals surface area contributed by atoms with E-state index in [0.29, 0.717) is 0 Å². The standard InChI is InChI=1S/C16H24F2N2O3S.ClH/c17-16(18)11-23-13-6-8-14(9-7-13)24(21,22)20-15(10-19)12-4-2-1-3-5-12;/h6-9,12,15-16,20H,1-5,10-11,19H2;1H. The summed E-state index contributed by atoms with van der Waals surface area (Å²) < 4.78 is 56.7. The van der Waals surface area contributed by atoms with Gasteiger partial charge in [0.05, 0.1) is 4.90 Å². The van der Waals surface area contributed by atoms with Crippen LogP contribution in [0, 0.1) is 5.92 Å². The van der Waals surface area contributed by atoms with Gasteiger partial charge in [0.1, 0.15) is 12.4 Å². The molecule has 1 aliphatic carbocycles. The van der Waals surface area contributed by atoms with Crippen molar-refractivity contribution in [2.75, 3.05) is 13.2 Å². The number of hydrogen-bond acceptors (Lipinski definition) is 4. The summed E-state index contributed by atoms with van der Waals surface area (Å²) in [7, 11) is -3.70. The molecule has 0 amide bonds. The van der Waals surface area contributed by atoms with Crippen LogP contribution in [-0.2, 0) is 10.0 Å². The normalized spacial score (nSPS) is 17.1. The molecule has 1 aromatic rings. The Morgan fingerprint density at radius 2 is 1.76 bits per heavy atom. The van der Waals surface area contributed by atoms with Gasteiger partial charge >= 0.3 is 0 Å². The summed E-state index contributed by atoms with van der Waals surface area (Å²) in [5.41, 5.74) is 5.76. The minimum atomic E-state index is -3.70. The first-order valence-electron chi connectivity index (χ1n) is 8.16. The number of nitrogens with one attached hydrogen (secondary N) is 1. The molecule has 1 aliphatic rings. The van der Waals surface area contributed by atoms with E-state index in [2.05, 4.69) is 4.72 Å². The average Bonchev–Trinajstić information content (AvgIpc) is 2.59. The fourth-order valence-electron chi connectivity index (χ4n) is 3.01. The van der Waals surface area contributed by atoms with Gasteiger partial charge in [-0.05, 0) is 43.0 Å². The number of alkyl halides is 2. The Morgan fingerprint density at radius 3 is 2.28 bits per heavy atom. The van der Waals surface area contributed by atoms with Crippen LogP contribution in [0.2, 0.25) is 0 Å². The Kier molecular flexibility index (Phi) is 9.06. The Hall–Kier alpha value is -0.960. The van der Waals surface area contributed by atoms with E-state index in [1.165, 1.54) is 30.7 Å². The molecular formula is C16H25ClF2N2O3S. The summed E-state index contributed by atoms with van der Waals surface area (Å²) in [4.78, 5) is 0.0705. The van der Waals surface area contributed by atoms with Gasteiger partial charge in [-0.15, -0.1) is 12.4 Å². The molecule has 1 saturated carbocycles. The fraction of sp³-hybridized carbons (Fsp3) is 0.625. The highest BCUT2D eigenvalue weighted by Gasteiger charge is 2.27. The van der Waals surface area contributed by atoms with E-state index in [9.17, 15) is 17.2 Å². The zero-order chi connectivity index (χ0) is 17.6. The van der Waals surface area contributed by atoms with Crippen molar-refractivity contribution < 1.29 is 21.9 Å². The van der Waals surface area contributed by atoms with Crippen molar-refractivity contribution in [3.8, 4) is 5.75 Å². The van der Waals surface area contributed by atoms with Crippen molar-refractivity contribution in [1.29, 1.82) is 0 Å². The van der Waals surface area contributed by atoms with Crippen LogP contribution in [0.3, 0.4) is 0 Å². The van der Waals surface area contributed by atoms with E-state index in [1.807, 2.05) is 0 Å². The highest BCUT2D eigenvalue weighted by Crippen LogP contribution is 2.27. The largest absolute Gasteiger partial charge is 0.488 e. The average molecular weight is 399 g/mol. The summed E-state index contributed by atoms with van der Waals surface area (Å²) >= 11 is 0. The lowest BCUT2D eigenvalue weighted by molar-refractivity contribution is 0.0819. The summed E-state index contributed by atoms with van der Waals surface area (Å²) in [5, 5.41) is 0. The van der Waals surface area contributed by atoms with Gasteiger partial charge in [-0.25, -0.2) is 21.9 Å². The van der Waals surface area contributed by atoms with Crippen LogP contribution in [0.5, 0.6) is 5.75 Å². The maximum absolute atomic E-state index is 12.5. The highest BCUT2D eigenvalue weighted by atomic mass is 35.5. The third-order valence-corrected chi connectivity index (χ3v) is 5.80. The van der Waals surface area contributed by atoms with Gasteiger partial charge in [0, 0.05) is 12.6 Å². The molecule has 0 aliphatic heterocycles. The van der Waals surface area contributed by atoms with E-state index < -0.39 is 23.1 Å². The monoisotopic (exact) mass is 398 g/mol. The minimum Gasteiger partial charge on any atom is -0.488 e. The van der Waals surface area contributed by atoms with Crippen molar-refractivity contribution in [2.24, 2.45) is 11.7 Å². The third kappa shape index (κ3) is 6.69. The molecule has 0 saturated heterocycles. The number of sulfonamides is 1. The van der Waals surface area contributed by atoms with Crippen LogP contribution in [0.4, 0.5) is 8.78 Å². The van der Waals surface area contributed by atoms with E-state index >= 15 is 0 Å². The lowest BCUT2D eigenvalue weighted by atomic mass is 9.84. The predicted molar refractivity (Wildman–Crippen MR) is 94.9 cm³/mol. The first-order valence-corrected chi connectivity index (χ1v) is 9.64. The zero-order valence-electron chi connectivity index (χ0n) is 13.9. The summed E-state index contributed by atoms with van der Waals surface area (Å²) in [6.07, 6.45) is 2.75. The molecule has 3 N–H and O–H groups in total. The van der Waals surface area contributed by atoms with Gasteiger partial charge in [-0.1, -0.05) is 19.3 Å². The Labute approximate surface area is 153 Å². The second-order valence-electron chi connectivity index (χ2n) is 6.04. The van der Waals surface area contributed by atoms with Crippen LogP contribution >= 0.6 is 12.4 Å². The molecule has 0 heterocycles. The van der Waals surface area contributed by atoms with Crippen molar-refractivity contribution in [3.05, 3.63) is 24.3 Å². The number of benzene rings is 1. The van der Waals surface area contributed by atoms with E-state index in [4.69, 9.17) is 10.5 Å². The van der Waals surface area contributed by atoms with Crippen molar-refractivity contribution in [2.45, 2.75) is 49.5 Å². The van der Waals surface area contributed by atoms with Gasteiger partial charge in [0.15, 0.2) is 0 Å². The molecule has 1 unspecified atom stereocenters. The van der Waals surface area contributed by atoms with Gasteiger partial charge in [0.25, 0.3) is 6.43 Å². The molecule has 1 atom stereocenters. The van der Waals surface area contributed by atoms with Crippen molar-refractivity contribution in [3.63, 3.8) is 0 Å². The van der Waals surface area contributed by atoms with Crippen LogP contribution in [-0.4, -0.2) is 34.0 Å². The molecule has 0 aromatic heterocycles. The molecule has 5 nitrogen and oxygen atoms in total. The van der Waals surface area contributed by atoms with E-state index in [0.717, 1.165) is 25.7 Å². The zero-order valence-corrected chi connectivity index (χ0v) is 15.5. The SMILES string of the molecule is Cl.NCC(NS(=O)(=O)c1ccc(OCC(F)F)cc1)C1CCCCC1. The van der Waals surface area contributed by atoms with Crippen molar-refractivity contribution >= 4 is 22.4 Å². The van der Waals surface area contributed by atoms with Gasteiger partial charge in [-0.3, -0.25) is 0 Å².